The normalized spacial score (nSPS) is 20.0. The van der Waals surface area contributed by atoms with Crippen molar-refractivity contribution in [2.45, 2.75) is 11.7 Å². The van der Waals surface area contributed by atoms with E-state index in [-0.39, 0.29) is 0 Å². The van der Waals surface area contributed by atoms with Crippen LogP contribution < -0.4 is 0 Å². The van der Waals surface area contributed by atoms with Gasteiger partial charge in [0, 0.05) is 20.0 Å². The molecule has 1 aliphatic heterocycles. The molecule has 0 aromatic carbocycles. The Kier molecular flexibility index (Phi) is 3.89. The average Bonchev–Trinajstić information content (AvgIpc) is 2.57. The van der Waals surface area contributed by atoms with E-state index >= 15 is 0 Å². The molecule has 102 valence electrons. The van der Waals surface area contributed by atoms with Gasteiger partial charge in [-0.1, -0.05) is 0 Å². The molecule has 1 atom stereocenters. The Bertz CT molecular complexity index is 491. The highest BCUT2D eigenvalue weighted by atomic mass is 32.3. The van der Waals surface area contributed by atoms with Gasteiger partial charge in [0.2, 0.25) is 11.9 Å². The Morgan fingerprint density at radius 1 is 1.67 bits per heavy atom. The lowest BCUT2D eigenvalue weighted by molar-refractivity contribution is -0.137. The highest BCUT2D eigenvalue weighted by molar-refractivity contribution is 7.87. The predicted molar refractivity (Wildman–Crippen MR) is 58.1 cm³/mol. The Morgan fingerprint density at radius 3 is 2.61 bits per heavy atom. The first-order valence-electron chi connectivity index (χ1n) is 4.88. The van der Waals surface area contributed by atoms with Crippen molar-refractivity contribution < 1.29 is 27.0 Å². The maximum absolute atomic E-state index is 12.7. The topological polar surface area (TPSA) is 119 Å². The summed E-state index contributed by atoms with van der Waals surface area (Å²) in [6.45, 7) is -0.990. The van der Waals surface area contributed by atoms with Gasteiger partial charge in [0.25, 0.3) is 0 Å². The second-order valence-electron chi connectivity index (χ2n) is 3.88. The van der Waals surface area contributed by atoms with Crippen molar-refractivity contribution in [2.75, 3.05) is 20.1 Å². The highest BCUT2D eigenvalue weighted by Gasteiger charge is 2.40. The molecule has 10 heteroatoms. The van der Waals surface area contributed by atoms with Gasteiger partial charge in [-0.05, 0) is 0 Å². The maximum Gasteiger partial charge on any atom is 0.323 e. The van der Waals surface area contributed by atoms with Crippen molar-refractivity contribution in [1.29, 1.82) is 5.41 Å². The lowest BCUT2D eigenvalue weighted by atomic mass is 10.4. The number of halogens is 1. The minimum absolute atomic E-state index is 0.464. The number of amides is 1. The van der Waals surface area contributed by atoms with Gasteiger partial charge in [0.05, 0.1) is 0 Å². The van der Waals surface area contributed by atoms with Gasteiger partial charge < -0.3 is 10.0 Å². The van der Waals surface area contributed by atoms with Crippen LogP contribution in [0.5, 0.6) is 0 Å². The second-order valence-corrected chi connectivity index (χ2v) is 5.50. The van der Waals surface area contributed by atoms with Crippen LogP contribution in [0.4, 0.5) is 3.89 Å². The van der Waals surface area contributed by atoms with Gasteiger partial charge >= 0.3 is 16.2 Å². The number of hydrogen-bond donors (Lipinski definition) is 2. The lowest BCUT2D eigenvalue weighted by Gasteiger charge is -2.24. The van der Waals surface area contributed by atoms with Crippen molar-refractivity contribution in [3.05, 3.63) is 0 Å². The summed E-state index contributed by atoms with van der Waals surface area (Å²) >= 11 is 0. The molecule has 8 nitrogen and oxygen atoms in total. The van der Waals surface area contributed by atoms with Crippen molar-refractivity contribution >= 4 is 28.1 Å². The largest absolute Gasteiger partial charge is 0.480 e. The number of carboxylic acid groups (broad SMARTS) is 1. The molecular formula is C8H12FN3O5S. The molecule has 2 N–H and O–H groups in total. The number of likely N-dealkylation sites (tertiary alicyclic amines) is 1. The van der Waals surface area contributed by atoms with Crippen LogP contribution in [0.2, 0.25) is 0 Å². The van der Waals surface area contributed by atoms with E-state index in [0.717, 1.165) is 9.80 Å². The summed E-state index contributed by atoms with van der Waals surface area (Å²) in [5.41, 5.74) is 0. The third kappa shape index (κ3) is 3.15. The number of carboxylic acids is 1. The number of nitrogens with zero attached hydrogens (tertiary/aromatic N) is 2. The number of carbonyl (C=O) groups is 2. The monoisotopic (exact) mass is 281 g/mol. The van der Waals surface area contributed by atoms with E-state index in [1.807, 2.05) is 0 Å². The summed E-state index contributed by atoms with van der Waals surface area (Å²) in [4.78, 5) is 23.6. The molecule has 0 spiro atoms. The summed E-state index contributed by atoms with van der Waals surface area (Å²) in [7, 11) is -3.58. The molecule has 1 rings (SSSR count). The number of aliphatic carboxylic acids is 1. The van der Waals surface area contributed by atoms with Crippen molar-refractivity contribution in [1.82, 2.24) is 9.80 Å². The molecule has 0 saturated carbocycles. The summed E-state index contributed by atoms with van der Waals surface area (Å²) in [5.74, 6) is -2.39. The number of carbonyl (C=O) groups excluding carboxylic acids is 1. The first kappa shape index (κ1) is 14.4. The average molecular weight is 281 g/mol. The smallest absolute Gasteiger partial charge is 0.323 e. The first-order chi connectivity index (χ1) is 8.12. The van der Waals surface area contributed by atoms with Crippen LogP contribution in [-0.2, 0) is 19.8 Å². The molecule has 0 radical (unpaired) electrons. The number of likely N-dealkylation sites (N-methyl/N-ethyl adjacent to an activating group) is 1. The van der Waals surface area contributed by atoms with Crippen molar-refractivity contribution in [3.8, 4) is 0 Å². The molecule has 18 heavy (non-hydrogen) atoms. The summed E-state index contributed by atoms with van der Waals surface area (Å²) in [6.07, 6.45) is -0.540. The van der Waals surface area contributed by atoms with Crippen LogP contribution in [0, 0.1) is 5.41 Å². The standard InChI is InChI=1S/C8H12FN3O5S/c1-11(4-7(14)15)8(10)12-3-5(2-6(12)13)18(9,16)17/h5,10H,2-4H2,1H3,(H,14,15). The van der Waals surface area contributed by atoms with Crippen LogP contribution >= 0.6 is 0 Å². The predicted octanol–water partition coefficient (Wildman–Crippen LogP) is -1.16. The fraction of sp³-hybridized carbons (Fsp3) is 0.625. The van der Waals surface area contributed by atoms with Gasteiger partial charge in [-0.3, -0.25) is 19.9 Å². The molecule has 0 aliphatic carbocycles. The minimum atomic E-state index is -4.84. The summed E-state index contributed by atoms with van der Waals surface area (Å²) in [5, 5.41) is 14.6. The zero-order valence-corrected chi connectivity index (χ0v) is 10.3. The molecule has 1 aliphatic rings. The lowest BCUT2D eigenvalue weighted by Crippen LogP contribution is -2.45. The van der Waals surface area contributed by atoms with Crippen LogP contribution in [0.3, 0.4) is 0 Å². The van der Waals surface area contributed by atoms with Gasteiger partial charge in [0.15, 0.2) is 0 Å². The van der Waals surface area contributed by atoms with Gasteiger partial charge in [0.1, 0.15) is 11.8 Å². The number of hydrogen-bond acceptors (Lipinski definition) is 5. The number of nitrogens with one attached hydrogen (secondary N) is 1. The van der Waals surface area contributed by atoms with E-state index in [9.17, 15) is 21.9 Å². The fourth-order valence-corrected chi connectivity index (χ4v) is 2.22. The minimum Gasteiger partial charge on any atom is -0.480 e. The molecule has 1 saturated heterocycles. The first-order valence-corrected chi connectivity index (χ1v) is 6.33. The van der Waals surface area contributed by atoms with Crippen LogP contribution in [-0.4, -0.2) is 66.5 Å². The van der Waals surface area contributed by atoms with Gasteiger partial charge in [-0.2, -0.15) is 8.42 Å². The fourth-order valence-electron chi connectivity index (χ4n) is 1.55. The van der Waals surface area contributed by atoms with E-state index < -0.39 is 52.8 Å². The van der Waals surface area contributed by atoms with E-state index in [4.69, 9.17) is 10.5 Å². The van der Waals surface area contributed by atoms with E-state index in [2.05, 4.69) is 0 Å². The Hall–Kier alpha value is -1.71. The number of rotatable bonds is 3. The second kappa shape index (κ2) is 4.88. The van der Waals surface area contributed by atoms with Crippen molar-refractivity contribution in [2.24, 2.45) is 0 Å². The van der Waals surface area contributed by atoms with E-state index in [1.54, 1.807) is 0 Å². The van der Waals surface area contributed by atoms with Crippen LogP contribution in [0.25, 0.3) is 0 Å². The quantitative estimate of drug-likeness (QED) is 0.382. The van der Waals surface area contributed by atoms with Crippen LogP contribution in [0.1, 0.15) is 6.42 Å². The zero-order chi connectivity index (χ0) is 14.1. The van der Waals surface area contributed by atoms with Gasteiger partial charge in [-0.25, -0.2) is 0 Å². The molecule has 0 aromatic heterocycles. The summed E-state index contributed by atoms with van der Waals surface area (Å²) in [6, 6.07) is 0. The molecule has 0 bridgehead atoms. The molecule has 1 heterocycles. The molecule has 1 amide bonds. The van der Waals surface area contributed by atoms with E-state index in [0.29, 0.717) is 0 Å². The molecular weight excluding hydrogens is 269 g/mol. The maximum atomic E-state index is 12.7. The van der Waals surface area contributed by atoms with E-state index in [1.165, 1.54) is 7.05 Å². The third-order valence-electron chi connectivity index (χ3n) is 2.48. The Labute approximate surface area is 103 Å². The van der Waals surface area contributed by atoms with Gasteiger partial charge in [-0.15, -0.1) is 3.89 Å². The highest BCUT2D eigenvalue weighted by Crippen LogP contribution is 2.20. The molecule has 1 unspecified atom stereocenters. The van der Waals surface area contributed by atoms with Crippen LogP contribution in [0.15, 0.2) is 0 Å². The molecule has 1 fully saturated rings. The summed E-state index contributed by atoms with van der Waals surface area (Å²) < 4.78 is 34.1. The Morgan fingerprint density at radius 2 is 2.22 bits per heavy atom. The SMILES string of the molecule is CN(CC(=O)O)C(=N)N1CC(S(=O)(=O)F)CC1=O. The Balaban J connectivity index is 2.77. The van der Waals surface area contributed by atoms with Crippen molar-refractivity contribution in [3.63, 3.8) is 0 Å². The third-order valence-corrected chi connectivity index (χ3v) is 3.59. The zero-order valence-electron chi connectivity index (χ0n) is 9.46. The molecule has 0 aromatic rings. The number of guanidine groups is 1.